The fourth-order valence-corrected chi connectivity index (χ4v) is 2.85. The van der Waals surface area contributed by atoms with Gasteiger partial charge in [0, 0.05) is 20.6 Å². The fourth-order valence-electron chi connectivity index (χ4n) is 2.73. The molecule has 0 N–H and O–H groups in total. The molecule has 1 aliphatic carbocycles. The summed E-state index contributed by atoms with van der Waals surface area (Å²) >= 11 is 5.12. The second kappa shape index (κ2) is 8.68. The maximum atomic E-state index is 13.1. The smallest absolute Gasteiger partial charge is 0.339 e. The van der Waals surface area contributed by atoms with Gasteiger partial charge in [-0.05, 0) is 37.0 Å². The zero-order valence-electron chi connectivity index (χ0n) is 14.5. The summed E-state index contributed by atoms with van der Waals surface area (Å²) in [5.74, 6) is 0. The lowest BCUT2D eigenvalue weighted by atomic mass is 10.0. The first-order chi connectivity index (χ1) is 11.5. The quantitative estimate of drug-likeness (QED) is 0.477. The van der Waals surface area contributed by atoms with E-state index >= 15 is 0 Å². The minimum Gasteiger partial charge on any atom is -0.473 e. The number of amides is 2. The molecule has 0 heterocycles. The van der Waals surface area contributed by atoms with Crippen molar-refractivity contribution in [2.24, 2.45) is 0 Å². The molecule has 0 saturated carbocycles. The molecule has 2 amide bonds. The van der Waals surface area contributed by atoms with E-state index in [1.807, 2.05) is 35.2 Å². The molecule has 0 saturated heterocycles. The van der Waals surface area contributed by atoms with Crippen molar-refractivity contribution in [2.75, 3.05) is 21.2 Å². The lowest BCUT2D eigenvalue weighted by Crippen LogP contribution is -2.53. The Balaban J connectivity index is 2.20. The molecule has 130 valence electrons. The van der Waals surface area contributed by atoms with Crippen LogP contribution in [0.4, 0.5) is 4.79 Å². The summed E-state index contributed by atoms with van der Waals surface area (Å²) in [4.78, 5) is 15.0. The third-order valence-electron chi connectivity index (χ3n) is 4.24. The zero-order valence-corrected chi connectivity index (χ0v) is 15.3. The van der Waals surface area contributed by atoms with Crippen molar-refractivity contribution < 1.29 is 9.53 Å². The number of nitrogens with zero attached hydrogens (tertiary/aromatic N) is 3. The number of hydrogen-bond donors (Lipinski definition) is 0. The van der Waals surface area contributed by atoms with E-state index in [1.54, 1.807) is 19.1 Å². The van der Waals surface area contributed by atoms with Gasteiger partial charge in [-0.3, -0.25) is 0 Å². The van der Waals surface area contributed by atoms with Gasteiger partial charge in [-0.2, -0.15) is 0 Å². The van der Waals surface area contributed by atoms with Crippen LogP contribution in [-0.2, 0) is 11.3 Å². The van der Waals surface area contributed by atoms with Gasteiger partial charge in [-0.1, -0.05) is 42.5 Å². The maximum absolute atomic E-state index is 13.1. The number of carbonyl (C=O) groups excluding carboxylic acids is 1. The van der Waals surface area contributed by atoms with Crippen LogP contribution in [0.15, 0.2) is 42.5 Å². The third kappa shape index (κ3) is 4.47. The number of methoxy groups -OCH3 is 1. The normalized spacial score (nSPS) is 16.4. The minimum atomic E-state index is -0.0997. The van der Waals surface area contributed by atoms with Crippen LogP contribution in [0, 0.1) is 0 Å². The second-order valence-electron chi connectivity index (χ2n) is 5.84. The van der Waals surface area contributed by atoms with Crippen molar-refractivity contribution in [3.8, 4) is 0 Å². The third-order valence-corrected chi connectivity index (χ3v) is 4.67. The molecule has 2 rings (SSSR count). The summed E-state index contributed by atoms with van der Waals surface area (Å²) in [7, 11) is 4.93. The van der Waals surface area contributed by atoms with Gasteiger partial charge in [0.1, 0.15) is 0 Å². The molecule has 0 radical (unpaired) electrons. The van der Waals surface area contributed by atoms with Crippen LogP contribution in [0.25, 0.3) is 0 Å². The van der Waals surface area contributed by atoms with E-state index in [-0.39, 0.29) is 17.2 Å². The number of thiocarbonyl (C=S) groups is 1. The number of ether oxygens (including phenoxy) is 1. The Labute approximate surface area is 149 Å². The molecule has 1 aromatic rings. The first-order valence-corrected chi connectivity index (χ1v) is 8.52. The second-order valence-corrected chi connectivity index (χ2v) is 6.19. The number of rotatable bonds is 3. The largest absolute Gasteiger partial charge is 0.473 e. The Bertz CT molecular complexity index is 591. The topological polar surface area (TPSA) is 36.0 Å². The van der Waals surface area contributed by atoms with Crippen LogP contribution >= 0.6 is 12.2 Å². The molecule has 1 aromatic carbocycles. The Morgan fingerprint density at radius 1 is 1.25 bits per heavy atom. The highest BCUT2D eigenvalue weighted by atomic mass is 32.1. The van der Waals surface area contributed by atoms with Crippen LogP contribution in [0.1, 0.15) is 24.8 Å². The Morgan fingerprint density at radius 3 is 2.54 bits per heavy atom. The Morgan fingerprint density at radius 2 is 1.96 bits per heavy atom. The Kier molecular flexibility index (Phi) is 6.61. The lowest BCUT2D eigenvalue weighted by molar-refractivity contribution is 0.0681. The van der Waals surface area contributed by atoms with Crippen molar-refractivity contribution in [3.63, 3.8) is 0 Å². The van der Waals surface area contributed by atoms with Crippen LogP contribution < -0.4 is 0 Å². The molecular weight excluding hydrogens is 322 g/mol. The summed E-state index contributed by atoms with van der Waals surface area (Å²) in [6, 6.07) is 10.0. The molecule has 0 aliphatic heterocycles. The van der Waals surface area contributed by atoms with E-state index in [2.05, 4.69) is 12.2 Å². The van der Waals surface area contributed by atoms with E-state index in [4.69, 9.17) is 17.0 Å². The number of urea groups is 1. The SMILES string of the molecule is COC(=S)N(C)N(C)C(=O)N(Cc1ccccc1)C1C=CCCC1. The number of benzene rings is 1. The Hall–Kier alpha value is -2.08. The predicted octanol–water partition coefficient (Wildman–Crippen LogP) is 3.43. The molecule has 1 aliphatic rings. The van der Waals surface area contributed by atoms with Crippen molar-refractivity contribution in [2.45, 2.75) is 31.8 Å². The van der Waals surface area contributed by atoms with Gasteiger partial charge in [-0.15, -0.1) is 0 Å². The maximum Gasteiger partial charge on any atom is 0.339 e. The molecular formula is C18H25N3O2S. The van der Waals surface area contributed by atoms with Gasteiger partial charge in [0.25, 0.3) is 5.17 Å². The van der Waals surface area contributed by atoms with Gasteiger partial charge in [0.2, 0.25) is 0 Å². The molecule has 6 heteroatoms. The summed E-state index contributed by atoms with van der Waals surface area (Å²) in [6.07, 6.45) is 7.43. The average molecular weight is 347 g/mol. The van der Waals surface area contributed by atoms with Crippen molar-refractivity contribution in [1.82, 2.24) is 14.9 Å². The molecule has 1 unspecified atom stereocenters. The molecule has 0 aromatic heterocycles. The van der Waals surface area contributed by atoms with Gasteiger partial charge >= 0.3 is 6.03 Å². The highest BCUT2D eigenvalue weighted by molar-refractivity contribution is 7.79. The van der Waals surface area contributed by atoms with E-state index in [0.717, 1.165) is 24.8 Å². The molecule has 1 atom stereocenters. The average Bonchev–Trinajstić information content (AvgIpc) is 2.65. The van der Waals surface area contributed by atoms with Crippen LogP contribution in [-0.4, -0.2) is 53.4 Å². The minimum absolute atomic E-state index is 0.0958. The van der Waals surface area contributed by atoms with Crippen molar-refractivity contribution in [1.29, 1.82) is 0 Å². The van der Waals surface area contributed by atoms with Gasteiger partial charge in [0.05, 0.1) is 13.2 Å². The lowest BCUT2D eigenvalue weighted by Gasteiger charge is -2.37. The highest BCUT2D eigenvalue weighted by Gasteiger charge is 2.28. The van der Waals surface area contributed by atoms with E-state index in [9.17, 15) is 4.79 Å². The first-order valence-electron chi connectivity index (χ1n) is 8.11. The van der Waals surface area contributed by atoms with Crippen LogP contribution in [0.3, 0.4) is 0 Å². The molecule has 5 nitrogen and oxygen atoms in total. The fraction of sp³-hybridized carbons (Fsp3) is 0.444. The molecule has 0 bridgehead atoms. The van der Waals surface area contributed by atoms with Crippen LogP contribution in [0.5, 0.6) is 0 Å². The number of hydrazine groups is 1. The number of carbonyl (C=O) groups is 1. The number of allylic oxidation sites excluding steroid dienone is 1. The van der Waals surface area contributed by atoms with Gasteiger partial charge in [-0.25, -0.2) is 14.8 Å². The van der Waals surface area contributed by atoms with Gasteiger partial charge < -0.3 is 9.64 Å². The predicted molar refractivity (Wildman–Crippen MR) is 99.3 cm³/mol. The summed E-state index contributed by atoms with van der Waals surface area (Å²) in [6.45, 7) is 0.562. The van der Waals surface area contributed by atoms with E-state index < -0.39 is 0 Å². The highest BCUT2D eigenvalue weighted by Crippen LogP contribution is 2.20. The van der Waals surface area contributed by atoms with Gasteiger partial charge in [0.15, 0.2) is 0 Å². The number of hydrogen-bond acceptors (Lipinski definition) is 3. The molecule has 0 fully saturated rings. The monoisotopic (exact) mass is 347 g/mol. The van der Waals surface area contributed by atoms with Crippen molar-refractivity contribution in [3.05, 3.63) is 48.0 Å². The molecule has 0 spiro atoms. The molecule has 24 heavy (non-hydrogen) atoms. The van der Waals surface area contributed by atoms with E-state index in [1.165, 1.54) is 12.1 Å². The zero-order chi connectivity index (χ0) is 17.5. The van der Waals surface area contributed by atoms with E-state index in [0.29, 0.717) is 6.54 Å². The first kappa shape index (κ1) is 18.3. The standard InChI is InChI=1S/C18H25N3O2S/c1-19(20(2)18(24)23-3)17(22)21(16-12-8-5-9-13-16)14-15-10-6-4-7-11-15/h4,6-8,10-12,16H,5,9,13-14H2,1-3H3. The summed E-state index contributed by atoms with van der Waals surface area (Å²) in [5, 5.41) is 3.30. The summed E-state index contributed by atoms with van der Waals surface area (Å²) in [5.41, 5.74) is 1.11. The van der Waals surface area contributed by atoms with Crippen molar-refractivity contribution >= 4 is 23.4 Å². The summed E-state index contributed by atoms with van der Waals surface area (Å²) < 4.78 is 5.06. The van der Waals surface area contributed by atoms with Crippen LogP contribution in [0.2, 0.25) is 0 Å².